The molecule has 86 valence electrons. The number of amides is 1. The van der Waals surface area contributed by atoms with E-state index in [-0.39, 0.29) is 5.91 Å². The van der Waals surface area contributed by atoms with Gasteiger partial charge in [-0.3, -0.25) is 4.79 Å². The Kier molecular flexibility index (Phi) is 5.19. The second-order valence-electron chi connectivity index (χ2n) is 3.34. The smallest absolute Gasteiger partial charge is 0.267 e. The summed E-state index contributed by atoms with van der Waals surface area (Å²) in [6.07, 6.45) is 1.71. The average Bonchev–Trinajstić information content (AvgIpc) is 2.30. The molecule has 0 unspecified atom stereocenters. The topological polar surface area (TPSA) is 41.5 Å². The number of hydrazone groups is 1. The molecule has 0 radical (unpaired) electrons. The van der Waals surface area contributed by atoms with Gasteiger partial charge in [-0.15, -0.1) is 0 Å². The first kappa shape index (κ1) is 12.9. The van der Waals surface area contributed by atoms with Crippen LogP contribution in [-0.4, -0.2) is 11.6 Å². The lowest BCUT2D eigenvalue weighted by molar-refractivity contribution is 0.0954. The minimum Gasteiger partial charge on any atom is -0.267 e. The number of carbonyl (C=O) groups excluding carboxylic acids is 1. The van der Waals surface area contributed by atoms with Crippen LogP contribution in [0.15, 0.2) is 33.8 Å². The van der Waals surface area contributed by atoms with Gasteiger partial charge in [0.15, 0.2) is 0 Å². The molecule has 0 atom stereocenters. The van der Waals surface area contributed by atoms with Crippen molar-refractivity contribution in [3.8, 4) is 0 Å². The van der Waals surface area contributed by atoms with Gasteiger partial charge in [-0.05, 0) is 31.0 Å². The number of hydrogen-bond acceptors (Lipinski definition) is 2. The minimum atomic E-state index is -0.180. The lowest BCUT2D eigenvalue weighted by Gasteiger charge is -2.02. The van der Waals surface area contributed by atoms with E-state index in [9.17, 15) is 4.79 Å². The van der Waals surface area contributed by atoms with Crippen LogP contribution >= 0.6 is 15.9 Å². The van der Waals surface area contributed by atoms with Gasteiger partial charge in [0.05, 0.1) is 0 Å². The monoisotopic (exact) mass is 282 g/mol. The molecule has 1 aromatic carbocycles. The summed E-state index contributed by atoms with van der Waals surface area (Å²) in [5.41, 5.74) is 4.15. The molecule has 0 aliphatic carbocycles. The van der Waals surface area contributed by atoms with Crippen molar-refractivity contribution < 1.29 is 4.79 Å². The fourth-order valence-electron chi connectivity index (χ4n) is 1.23. The number of nitrogens with zero attached hydrogens (tertiary/aromatic N) is 1. The molecule has 0 spiro atoms. The van der Waals surface area contributed by atoms with Gasteiger partial charge in [-0.1, -0.05) is 35.8 Å². The van der Waals surface area contributed by atoms with Gasteiger partial charge >= 0.3 is 0 Å². The number of carbonyl (C=O) groups is 1. The lowest BCUT2D eigenvalue weighted by atomic mass is 10.2. The van der Waals surface area contributed by atoms with Crippen LogP contribution in [0.5, 0.6) is 0 Å². The molecule has 16 heavy (non-hydrogen) atoms. The largest absolute Gasteiger partial charge is 0.271 e. The first-order valence-electron chi connectivity index (χ1n) is 5.28. The van der Waals surface area contributed by atoms with E-state index in [1.165, 1.54) is 0 Å². The van der Waals surface area contributed by atoms with E-state index in [0.29, 0.717) is 5.56 Å². The van der Waals surface area contributed by atoms with Crippen molar-refractivity contribution in [2.45, 2.75) is 26.7 Å². The van der Waals surface area contributed by atoms with Gasteiger partial charge < -0.3 is 0 Å². The van der Waals surface area contributed by atoms with Crippen LogP contribution in [0.25, 0.3) is 0 Å². The maximum Gasteiger partial charge on any atom is 0.271 e. The molecule has 0 saturated heterocycles. The molecule has 3 nitrogen and oxygen atoms in total. The van der Waals surface area contributed by atoms with Gasteiger partial charge in [0, 0.05) is 15.7 Å². The molecule has 0 bridgehead atoms. The summed E-state index contributed by atoms with van der Waals surface area (Å²) in [6.45, 7) is 4.04. The predicted octanol–water partition coefficient (Wildman–Crippen LogP) is 3.35. The normalized spacial score (nSPS) is 9.69. The average molecular weight is 283 g/mol. The highest BCUT2D eigenvalue weighted by atomic mass is 79.9. The fourth-order valence-corrected chi connectivity index (χ4v) is 1.63. The molecule has 0 aromatic heterocycles. The highest BCUT2D eigenvalue weighted by Gasteiger charge is 2.04. The lowest BCUT2D eigenvalue weighted by Crippen LogP contribution is -2.19. The van der Waals surface area contributed by atoms with Crippen molar-refractivity contribution >= 4 is 27.5 Å². The maximum absolute atomic E-state index is 11.7. The Labute approximate surface area is 104 Å². The first-order chi connectivity index (χ1) is 7.67. The number of halogens is 1. The van der Waals surface area contributed by atoms with Crippen LogP contribution in [0.3, 0.4) is 0 Å². The van der Waals surface area contributed by atoms with E-state index >= 15 is 0 Å². The van der Waals surface area contributed by atoms with Crippen molar-refractivity contribution in [1.29, 1.82) is 0 Å². The summed E-state index contributed by atoms with van der Waals surface area (Å²) < 4.78 is 0.885. The third-order valence-corrected chi connectivity index (χ3v) is 2.71. The van der Waals surface area contributed by atoms with Crippen LogP contribution in [0, 0.1) is 0 Å². The van der Waals surface area contributed by atoms with E-state index in [1.807, 2.05) is 26.0 Å². The Balaban J connectivity index is 2.69. The van der Waals surface area contributed by atoms with E-state index in [0.717, 1.165) is 23.0 Å². The Hall–Kier alpha value is -1.16. The van der Waals surface area contributed by atoms with Gasteiger partial charge in [0.1, 0.15) is 0 Å². The maximum atomic E-state index is 11.7. The molecule has 1 N–H and O–H groups in total. The Morgan fingerprint density at radius 1 is 1.38 bits per heavy atom. The first-order valence-corrected chi connectivity index (χ1v) is 6.08. The van der Waals surface area contributed by atoms with Crippen molar-refractivity contribution in [3.63, 3.8) is 0 Å². The fraction of sp³-hybridized carbons (Fsp3) is 0.333. The highest BCUT2D eigenvalue weighted by Crippen LogP contribution is 2.11. The third-order valence-electron chi connectivity index (χ3n) is 2.22. The summed E-state index contributed by atoms with van der Waals surface area (Å²) >= 11 is 3.32. The third kappa shape index (κ3) is 3.77. The van der Waals surface area contributed by atoms with E-state index < -0.39 is 0 Å². The Morgan fingerprint density at radius 3 is 2.62 bits per heavy atom. The molecule has 0 fully saturated rings. The van der Waals surface area contributed by atoms with Crippen LogP contribution < -0.4 is 5.43 Å². The van der Waals surface area contributed by atoms with Gasteiger partial charge in [-0.2, -0.15) is 5.10 Å². The molecule has 0 heterocycles. The van der Waals surface area contributed by atoms with Gasteiger partial charge in [-0.25, -0.2) is 5.43 Å². The van der Waals surface area contributed by atoms with E-state index in [4.69, 9.17) is 0 Å². The molecule has 1 rings (SSSR count). The molecule has 0 aliphatic rings. The van der Waals surface area contributed by atoms with Gasteiger partial charge in [0.2, 0.25) is 0 Å². The summed E-state index contributed by atoms with van der Waals surface area (Å²) in [7, 11) is 0. The summed E-state index contributed by atoms with van der Waals surface area (Å²) in [4.78, 5) is 11.7. The molecule has 0 aliphatic heterocycles. The quantitative estimate of drug-likeness (QED) is 0.668. The van der Waals surface area contributed by atoms with E-state index in [2.05, 4.69) is 26.5 Å². The second-order valence-corrected chi connectivity index (χ2v) is 4.25. The highest BCUT2D eigenvalue weighted by molar-refractivity contribution is 9.10. The Bertz CT molecular complexity index is 396. The summed E-state index contributed by atoms with van der Waals surface area (Å²) in [5, 5.41) is 4.07. The standard InChI is InChI=1S/C12H15BrN2O/c1-3-11(4-2)14-15-12(16)9-6-5-7-10(13)8-9/h5-8H,3-4H2,1-2H3,(H,15,16). The van der Waals surface area contributed by atoms with Crippen molar-refractivity contribution in [2.24, 2.45) is 5.10 Å². The zero-order chi connectivity index (χ0) is 12.0. The summed E-state index contributed by atoms with van der Waals surface area (Å²) in [6, 6.07) is 7.22. The zero-order valence-electron chi connectivity index (χ0n) is 9.46. The molecule has 1 aromatic rings. The minimum absolute atomic E-state index is 0.180. The summed E-state index contributed by atoms with van der Waals surface area (Å²) in [5.74, 6) is -0.180. The van der Waals surface area contributed by atoms with Crippen molar-refractivity contribution in [3.05, 3.63) is 34.3 Å². The van der Waals surface area contributed by atoms with Crippen LogP contribution in [-0.2, 0) is 0 Å². The van der Waals surface area contributed by atoms with Crippen LogP contribution in [0.2, 0.25) is 0 Å². The molecular formula is C12H15BrN2O. The number of nitrogens with one attached hydrogen (secondary N) is 1. The number of benzene rings is 1. The zero-order valence-corrected chi connectivity index (χ0v) is 11.0. The molecule has 4 heteroatoms. The van der Waals surface area contributed by atoms with E-state index in [1.54, 1.807) is 12.1 Å². The van der Waals surface area contributed by atoms with Gasteiger partial charge in [0.25, 0.3) is 5.91 Å². The molecule has 0 saturated carbocycles. The number of hydrogen-bond donors (Lipinski definition) is 1. The number of rotatable bonds is 4. The Morgan fingerprint density at radius 2 is 2.06 bits per heavy atom. The van der Waals surface area contributed by atoms with Crippen molar-refractivity contribution in [2.75, 3.05) is 0 Å². The molecular weight excluding hydrogens is 268 g/mol. The second kappa shape index (κ2) is 6.43. The van der Waals surface area contributed by atoms with Crippen LogP contribution in [0.1, 0.15) is 37.0 Å². The molecule has 1 amide bonds. The van der Waals surface area contributed by atoms with Crippen LogP contribution in [0.4, 0.5) is 0 Å². The SMILES string of the molecule is CCC(CC)=NNC(=O)c1cccc(Br)c1. The van der Waals surface area contributed by atoms with Crippen molar-refractivity contribution in [1.82, 2.24) is 5.43 Å². The predicted molar refractivity (Wildman–Crippen MR) is 69.6 cm³/mol.